The van der Waals surface area contributed by atoms with Gasteiger partial charge in [-0.15, -0.1) is 0 Å². The Kier molecular flexibility index (Phi) is 5.68. The SMILES string of the molecule is CCN(CC)c1ccc(/C=N/Nc2ncc(Br)cn2)cc1. The van der Waals surface area contributed by atoms with Gasteiger partial charge in [-0.05, 0) is 47.5 Å². The molecule has 0 bridgehead atoms. The van der Waals surface area contributed by atoms with E-state index in [-0.39, 0.29) is 0 Å². The number of anilines is 2. The molecule has 21 heavy (non-hydrogen) atoms. The third kappa shape index (κ3) is 4.53. The van der Waals surface area contributed by atoms with Gasteiger partial charge < -0.3 is 4.90 Å². The van der Waals surface area contributed by atoms with E-state index >= 15 is 0 Å². The minimum Gasteiger partial charge on any atom is -0.372 e. The van der Waals surface area contributed by atoms with Crippen molar-refractivity contribution in [2.75, 3.05) is 23.4 Å². The quantitative estimate of drug-likeness (QED) is 0.641. The summed E-state index contributed by atoms with van der Waals surface area (Å²) in [5.41, 5.74) is 5.04. The third-order valence-corrected chi connectivity index (χ3v) is 3.43. The molecule has 0 aliphatic carbocycles. The van der Waals surface area contributed by atoms with Crippen molar-refractivity contribution < 1.29 is 0 Å². The fraction of sp³-hybridized carbons (Fsp3) is 0.267. The van der Waals surface area contributed by atoms with Gasteiger partial charge in [-0.25, -0.2) is 15.4 Å². The van der Waals surface area contributed by atoms with E-state index in [1.165, 1.54) is 5.69 Å². The van der Waals surface area contributed by atoms with Gasteiger partial charge in [-0.2, -0.15) is 5.10 Å². The fourth-order valence-corrected chi connectivity index (χ4v) is 2.10. The van der Waals surface area contributed by atoms with E-state index in [4.69, 9.17) is 0 Å². The Hall–Kier alpha value is -1.95. The van der Waals surface area contributed by atoms with E-state index in [2.05, 4.69) is 67.3 Å². The average molecular weight is 348 g/mol. The molecule has 1 heterocycles. The third-order valence-electron chi connectivity index (χ3n) is 3.02. The van der Waals surface area contributed by atoms with Gasteiger partial charge in [-0.3, -0.25) is 0 Å². The predicted molar refractivity (Wildman–Crippen MR) is 91.0 cm³/mol. The molecule has 1 aromatic heterocycles. The second kappa shape index (κ2) is 7.73. The van der Waals surface area contributed by atoms with Crippen LogP contribution in [0.1, 0.15) is 19.4 Å². The van der Waals surface area contributed by atoms with Gasteiger partial charge in [0.15, 0.2) is 0 Å². The number of hydrazone groups is 1. The summed E-state index contributed by atoms with van der Waals surface area (Å²) >= 11 is 3.29. The van der Waals surface area contributed by atoms with Gasteiger partial charge in [0.05, 0.1) is 10.7 Å². The molecule has 0 unspecified atom stereocenters. The molecule has 1 N–H and O–H groups in total. The number of halogens is 1. The normalized spacial score (nSPS) is 10.8. The molecular weight excluding hydrogens is 330 g/mol. The molecule has 0 aliphatic heterocycles. The van der Waals surface area contributed by atoms with Crippen LogP contribution < -0.4 is 10.3 Å². The molecular formula is C15H18BrN5. The van der Waals surface area contributed by atoms with Crippen LogP contribution in [0.4, 0.5) is 11.6 Å². The van der Waals surface area contributed by atoms with E-state index in [9.17, 15) is 0 Å². The molecule has 0 radical (unpaired) electrons. The van der Waals surface area contributed by atoms with E-state index in [0.717, 1.165) is 23.1 Å². The van der Waals surface area contributed by atoms with Crippen LogP contribution in [0.5, 0.6) is 0 Å². The number of nitrogens with zero attached hydrogens (tertiary/aromatic N) is 4. The Morgan fingerprint density at radius 2 is 1.76 bits per heavy atom. The minimum atomic E-state index is 0.467. The molecule has 0 aliphatic rings. The summed E-state index contributed by atoms with van der Waals surface area (Å²) in [5, 5.41) is 4.13. The van der Waals surface area contributed by atoms with Gasteiger partial charge in [0.1, 0.15) is 0 Å². The maximum absolute atomic E-state index is 4.13. The van der Waals surface area contributed by atoms with Gasteiger partial charge in [0.2, 0.25) is 5.95 Å². The van der Waals surface area contributed by atoms with Crippen LogP contribution >= 0.6 is 15.9 Å². The second-order valence-corrected chi connectivity index (χ2v) is 5.27. The number of hydrogen-bond donors (Lipinski definition) is 1. The van der Waals surface area contributed by atoms with Crippen molar-refractivity contribution in [1.29, 1.82) is 0 Å². The summed E-state index contributed by atoms with van der Waals surface area (Å²) < 4.78 is 0.837. The van der Waals surface area contributed by atoms with E-state index in [1.807, 2.05) is 12.1 Å². The number of rotatable bonds is 6. The number of benzene rings is 1. The molecule has 0 saturated heterocycles. The fourth-order valence-electron chi connectivity index (χ4n) is 1.89. The number of nitrogens with one attached hydrogen (secondary N) is 1. The van der Waals surface area contributed by atoms with Crippen molar-refractivity contribution >= 4 is 33.8 Å². The van der Waals surface area contributed by atoms with Crippen LogP contribution in [0.25, 0.3) is 0 Å². The Bertz CT molecular complexity index is 576. The maximum Gasteiger partial charge on any atom is 0.243 e. The van der Waals surface area contributed by atoms with Crippen LogP contribution in [0.2, 0.25) is 0 Å². The Morgan fingerprint density at radius 1 is 1.14 bits per heavy atom. The molecule has 0 atom stereocenters. The first-order valence-corrected chi connectivity index (χ1v) is 7.64. The Balaban J connectivity index is 1.96. The van der Waals surface area contributed by atoms with Gasteiger partial charge in [-0.1, -0.05) is 12.1 Å². The predicted octanol–water partition coefficient (Wildman–Crippen LogP) is 3.53. The molecule has 0 amide bonds. The molecule has 0 fully saturated rings. The zero-order chi connectivity index (χ0) is 15.1. The standard InChI is InChI=1S/C15H18BrN5/c1-3-21(4-2)14-7-5-12(6-8-14)9-19-20-15-17-10-13(16)11-18-15/h5-11H,3-4H2,1-2H3,(H,17,18,20)/b19-9+. The first-order valence-electron chi connectivity index (χ1n) is 6.84. The monoisotopic (exact) mass is 347 g/mol. The summed E-state index contributed by atoms with van der Waals surface area (Å²) in [6, 6.07) is 8.29. The lowest BCUT2D eigenvalue weighted by molar-refractivity contribution is 0.866. The summed E-state index contributed by atoms with van der Waals surface area (Å²) in [6.07, 6.45) is 5.09. The van der Waals surface area contributed by atoms with E-state index < -0.39 is 0 Å². The number of hydrogen-bond acceptors (Lipinski definition) is 5. The lowest BCUT2D eigenvalue weighted by atomic mass is 10.2. The Labute approximate surface area is 133 Å². The molecule has 0 spiro atoms. The summed E-state index contributed by atoms with van der Waals surface area (Å²) in [5.74, 6) is 0.467. The summed E-state index contributed by atoms with van der Waals surface area (Å²) in [4.78, 5) is 10.5. The number of aromatic nitrogens is 2. The molecule has 2 aromatic rings. The van der Waals surface area contributed by atoms with Gasteiger partial charge >= 0.3 is 0 Å². The largest absolute Gasteiger partial charge is 0.372 e. The smallest absolute Gasteiger partial charge is 0.243 e. The van der Waals surface area contributed by atoms with Crippen molar-refractivity contribution in [3.05, 3.63) is 46.7 Å². The van der Waals surface area contributed by atoms with Crippen molar-refractivity contribution in [3.8, 4) is 0 Å². The van der Waals surface area contributed by atoms with Crippen molar-refractivity contribution in [1.82, 2.24) is 9.97 Å². The van der Waals surface area contributed by atoms with Gasteiger partial charge in [0.25, 0.3) is 0 Å². The Morgan fingerprint density at radius 3 is 2.33 bits per heavy atom. The maximum atomic E-state index is 4.13. The zero-order valence-corrected chi connectivity index (χ0v) is 13.7. The topological polar surface area (TPSA) is 53.4 Å². The highest BCUT2D eigenvalue weighted by Gasteiger charge is 2.00. The molecule has 2 rings (SSSR count). The van der Waals surface area contributed by atoms with Gasteiger partial charge in [0, 0.05) is 31.2 Å². The highest BCUT2D eigenvalue weighted by atomic mass is 79.9. The van der Waals surface area contributed by atoms with Crippen LogP contribution in [0, 0.1) is 0 Å². The molecule has 5 nitrogen and oxygen atoms in total. The molecule has 6 heteroatoms. The molecule has 1 aromatic carbocycles. The first-order chi connectivity index (χ1) is 10.2. The minimum absolute atomic E-state index is 0.467. The van der Waals surface area contributed by atoms with Crippen LogP contribution in [-0.2, 0) is 0 Å². The highest BCUT2D eigenvalue weighted by Crippen LogP contribution is 2.14. The van der Waals surface area contributed by atoms with Crippen LogP contribution in [0.15, 0.2) is 46.2 Å². The lowest BCUT2D eigenvalue weighted by Crippen LogP contribution is -2.21. The van der Waals surface area contributed by atoms with Crippen molar-refractivity contribution in [3.63, 3.8) is 0 Å². The van der Waals surface area contributed by atoms with Crippen LogP contribution in [0.3, 0.4) is 0 Å². The lowest BCUT2D eigenvalue weighted by Gasteiger charge is -2.20. The average Bonchev–Trinajstić information content (AvgIpc) is 2.52. The van der Waals surface area contributed by atoms with Crippen molar-refractivity contribution in [2.45, 2.75) is 13.8 Å². The van der Waals surface area contributed by atoms with E-state index in [1.54, 1.807) is 18.6 Å². The van der Waals surface area contributed by atoms with Crippen molar-refractivity contribution in [2.24, 2.45) is 5.10 Å². The zero-order valence-electron chi connectivity index (χ0n) is 12.1. The molecule has 110 valence electrons. The van der Waals surface area contributed by atoms with E-state index in [0.29, 0.717) is 5.95 Å². The molecule has 0 saturated carbocycles. The summed E-state index contributed by atoms with van der Waals surface area (Å²) in [6.45, 7) is 6.32. The van der Waals surface area contributed by atoms with Crippen LogP contribution in [-0.4, -0.2) is 29.3 Å². The first kappa shape index (κ1) is 15.4. The summed E-state index contributed by atoms with van der Waals surface area (Å²) in [7, 11) is 0. The second-order valence-electron chi connectivity index (χ2n) is 4.36. The highest BCUT2D eigenvalue weighted by molar-refractivity contribution is 9.10.